The van der Waals surface area contributed by atoms with Crippen LogP contribution in [-0.4, -0.2) is 41.3 Å². The molecular weight excluding hydrogens is 307 g/mol. The van der Waals surface area contributed by atoms with Crippen LogP contribution >= 0.6 is 0 Å². The van der Waals surface area contributed by atoms with Crippen LogP contribution in [0.5, 0.6) is 0 Å². The maximum absolute atomic E-state index is 12.5. The van der Waals surface area contributed by atoms with Crippen LogP contribution < -0.4 is 0 Å². The minimum atomic E-state index is -4.59. The van der Waals surface area contributed by atoms with Gasteiger partial charge >= 0.3 is 6.18 Å². The van der Waals surface area contributed by atoms with E-state index < -0.39 is 18.2 Å². The number of hydrogen-bond acceptors (Lipinski definition) is 2. The van der Waals surface area contributed by atoms with Gasteiger partial charge in [0.2, 0.25) is 5.91 Å². The van der Waals surface area contributed by atoms with E-state index in [1.54, 1.807) is 4.90 Å². The van der Waals surface area contributed by atoms with E-state index in [9.17, 15) is 23.1 Å². The number of amides is 1. The molecule has 1 aromatic carbocycles. The van der Waals surface area contributed by atoms with Gasteiger partial charge < -0.3 is 10.0 Å². The highest BCUT2D eigenvalue weighted by molar-refractivity contribution is 5.78. The fraction of sp³-hybridized carbons (Fsp3) is 0.588. The second-order valence-corrected chi connectivity index (χ2v) is 6.24. The van der Waals surface area contributed by atoms with Crippen LogP contribution in [0.3, 0.4) is 0 Å². The Bertz CT molecular complexity index is 510. The number of aliphatic hydroxyl groups is 1. The predicted molar refractivity (Wildman–Crippen MR) is 80.7 cm³/mol. The number of aliphatic hydroxyl groups excluding tert-OH is 1. The standard InChI is InChI=1S/C17H22F3NO2/c1-12(11-13-5-3-2-4-6-13)16(23)21-9-7-14(8-10-21)15(22)17(18,19)20/h2-6,12,14-15,22H,7-11H2,1H3. The zero-order valence-corrected chi connectivity index (χ0v) is 13.1. The lowest BCUT2D eigenvalue weighted by Gasteiger charge is -2.36. The molecule has 2 rings (SSSR count). The van der Waals surface area contributed by atoms with Crippen LogP contribution in [0.1, 0.15) is 25.3 Å². The fourth-order valence-electron chi connectivity index (χ4n) is 3.07. The molecule has 1 heterocycles. The minimum absolute atomic E-state index is 0.0335. The number of carbonyl (C=O) groups excluding carboxylic acids is 1. The Hall–Kier alpha value is -1.56. The Labute approximate surface area is 134 Å². The molecule has 1 aliphatic heterocycles. The van der Waals surface area contributed by atoms with E-state index >= 15 is 0 Å². The summed E-state index contributed by atoms with van der Waals surface area (Å²) < 4.78 is 37.6. The average molecular weight is 329 g/mol. The van der Waals surface area contributed by atoms with Crippen molar-refractivity contribution in [3.63, 3.8) is 0 Å². The van der Waals surface area contributed by atoms with Crippen molar-refractivity contribution >= 4 is 5.91 Å². The Morgan fingerprint density at radius 1 is 1.26 bits per heavy atom. The predicted octanol–water partition coefficient (Wildman–Crippen LogP) is 3.03. The van der Waals surface area contributed by atoms with E-state index in [-0.39, 0.29) is 37.8 Å². The first-order valence-electron chi connectivity index (χ1n) is 7.86. The lowest BCUT2D eigenvalue weighted by molar-refractivity contribution is -0.223. The molecule has 0 aromatic heterocycles. The highest BCUT2D eigenvalue weighted by Crippen LogP contribution is 2.32. The zero-order valence-electron chi connectivity index (χ0n) is 13.1. The van der Waals surface area contributed by atoms with Gasteiger partial charge in [-0.05, 0) is 30.7 Å². The molecule has 0 bridgehead atoms. The van der Waals surface area contributed by atoms with E-state index in [4.69, 9.17) is 0 Å². The van der Waals surface area contributed by atoms with Gasteiger partial charge in [0, 0.05) is 19.0 Å². The molecule has 23 heavy (non-hydrogen) atoms. The number of likely N-dealkylation sites (tertiary alicyclic amines) is 1. The fourth-order valence-corrected chi connectivity index (χ4v) is 3.07. The molecule has 0 aliphatic carbocycles. The van der Waals surface area contributed by atoms with Crippen molar-refractivity contribution in [3.8, 4) is 0 Å². The number of carbonyl (C=O) groups is 1. The lowest BCUT2D eigenvalue weighted by Crippen LogP contribution is -2.46. The SMILES string of the molecule is CC(Cc1ccccc1)C(=O)N1CCC(C(O)C(F)(F)F)CC1. The third-order valence-corrected chi connectivity index (χ3v) is 4.44. The monoisotopic (exact) mass is 329 g/mol. The van der Waals surface area contributed by atoms with Crippen LogP contribution in [0.25, 0.3) is 0 Å². The molecule has 1 N–H and O–H groups in total. The molecule has 1 fully saturated rings. The second-order valence-electron chi connectivity index (χ2n) is 6.24. The first-order valence-corrected chi connectivity index (χ1v) is 7.86. The Kier molecular flexibility index (Phi) is 5.68. The highest BCUT2D eigenvalue weighted by atomic mass is 19.4. The summed E-state index contributed by atoms with van der Waals surface area (Å²) in [6.07, 6.45) is -5.89. The van der Waals surface area contributed by atoms with Crippen molar-refractivity contribution in [2.24, 2.45) is 11.8 Å². The summed E-state index contributed by atoms with van der Waals surface area (Å²) in [6.45, 7) is 2.39. The van der Waals surface area contributed by atoms with Crippen molar-refractivity contribution in [1.82, 2.24) is 4.90 Å². The smallest absolute Gasteiger partial charge is 0.383 e. The van der Waals surface area contributed by atoms with Crippen LogP contribution in [0.4, 0.5) is 13.2 Å². The summed E-state index contributed by atoms with van der Waals surface area (Å²) in [6, 6.07) is 9.64. The molecular formula is C17H22F3NO2. The number of nitrogens with zero attached hydrogens (tertiary/aromatic N) is 1. The zero-order chi connectivity index (χ0) is 17.0. The molecule has 6 heteroatoms. The molecule has 2 unspecified atom stereocenters. The van der Waals surface area contributed by atoms with Crippen molar-refractivity contribution < 1.29 is 23.1 Å². The third-order valence-electron chi connectivity index (χ3n) is 4.44. The maximum atomic E-state index is 12.5. The lowest BCUT2D eigenvalue weighted by atomic mass is 9.90. The third kappa shape index (κ3) is 4.70. The van der Waals surface area contributed by atoms with E-state index in [1.165, 1.54) is 0 Å². The van der Waals surface area contributed by atoms with Crippen molar-refractivity contribution in [2.75, 3.05) is 13.1 Å². The molecule has 1 aromatic rings. The van der Waals surface area contributed by atoms with Gasteiger partial charge in [0.1, 0.15) is 0 Å². The first kappa shape index (κ1) is 17.8. The van der Waals surface area contributed by atoms with Gasteiger partial charge in [-0.25, -0.2) is 0 Å². The van der Waals surface area contributed by atoms with E-state index in [0.717, 1.165) is 5.56 Å². The minimum Gasteiger partial charge on any atom is -0.383 e. The van der Waals surface area contributed by atoms with Gasteiger partial charge in [-0.15, -0.1) is 0 Å². The average Bonchev–Trinajstić information content (AvgIpc) is 2.53. The van der Waals surface area contributed by atoms with E-state index in [2.05, 4.69) is 0 Å². The molecule has 0 spiro atoms. The largest absolute Gasteiger partial charge is 0.414 e. The summed E-state index contributed by atoms with van der Waals surface area (Å²) in [5.41, 5.74) is 1.07. The van der Waals surface area contributed by atoms with Crippen molar-refractivity contribution in [2.45, 2.75) is 38.5 Å². The first-order chi connectivity index (χ1) is 10.8. The summed E-state index contributed by atoms with van der Waals surface area (Å²) in [5, 5.41) is 9.31. The van der Waals surface area contributed by atoms with Gasteiger partial charge in [0.25, 0.3) is 0 Å². The summed E-state index contributed by atoms with van der Waals surface area (Å²) in [4.78, 5) is 14.0. The molecule has 3 nitrogen and oxygen atoms in total. The topological polar surface area (TPSA) is 40.5 Å². The maximum Gasteiger partial charge on any atom is 0.414 e. The van der Waals surface area contributed by atoms with Gasteiger partial charge in [-0.1, -0.05) is 37.3 Å². The number of rotatable bonds is 4. The van der Waals surface area contributed by atoms with Gasteiger partial charge in [-0.2, -0.15) is 13.2 Å². The molecule has 0 saturated carbocycles. The normalized spacial score (nSPS) is 19.4. The van der Waals surface area contributed by atoms with Gasteiger partial charge in [-0.3, -0.25) is 4.79 Å². The molecule has 2 atom stereocenters. The van der Waals surface area contributed by atoms with Crippen molar-refractivity contribution in [1.29, 1.82) is 0 Å². The number of benzene rings is 1. The van der Waals surface area contributed by atoms with Crippen LogP contribution in [-0.2, 0) is 11.2 Å². The molecule has 128 valence electrons. The Morgan fingerprint density at radius 2 is 1.83 bits per heavy atom. The number of halogens is 3. The Balaban J connectivity index is 1.86. The van der Waals surface area contributed by atoms with Gasteiger partial charge in [0.05, 0.1) is 0 Å². The number of hydrogen-bond donors (Lipinski definition) is 1. The second kappa shape index (κ2) is 7.34. The highest BCUT2D eigenvalue weighted by Gasteiger charge is 2.44. The Morgan fingerprint density at radius 3 is 2.35 bits per heavy atom. The van der Waals surface area contributed by atoms with Crippen LogP contribution in [0.15, 0.2) is 30.3 Å². The molecule has 1 saturated heterocycles. The van der Waals surface area contributed by atoms with Crippen LogP contribution in [0, 0.1) is 11.8 Å². The quantitative estimate of drug-likeness (QED) is 0.922. The number of alkyl halides is 3. The summed E-state index contributed by atoms with van der Waals surface area (Å²) in [5.74, 6) is -1.06. The summed E-state index contributed by atoms with van der Waals surface area (Å²) in [7, 11) is 0. The van der Waals surface area contributed by atoms with Crippen LogP contribution in [0.2, 0.25) is 0 Å². The van der Waals surface area contributed by atoms with Gasteiger partial charge in [0.15, 0.2) is 6.10 Å². The molecule has 0 radical (unpaired) electrons. The van der Waals surface area contributed by atoms with E-state index in [0.29, 0.717) is 6.42 Å². The summed E-state index contributed by atoms with van der Waals surface area (Å²) >= 11 is 0. The van der Waals surface area contributed by atoms with E-state index in [1.807, 2.05) is 37.3 Å². The molecule has 1 aliphatic rings. The molecule has 1 amide bonds. The number of piperidine rings is 1. The van der Waals surface area contributed by atoms with Crippen molar-refractivity contribution in [3.05, 3.63) is 35.9 Å².